The number of nitrogens with two attached hydrogens (primary N) is 1. The standard InChI is InChI=1S/C9H12N6O3S2/c10-13-7-8(15-3-4-19-9(15)12-7)20(17,18)14-2-1-11-6(16)5-14/h3-4,13H,1-2,5,10H2,(H,11,16). The molecule has 0 aliphatic carbocycles. The molecule has 2 aromatic heterocycles. The van der Waals surface area contributed by atoms with Gasteiger partial charge in [-0.05, 0) is 0 Å². The average Bonchev–Trinajstić information content (AvgIpc) is 2.97. The third-order valence-electron chi connectivity index (χ3n) is 2.94. The van der Waals surface area contributed by atoms with Crippen LogP contribution in [0, 0.1) is 0 Å². The molecule has 0 unspecified atom stereocenters. The largest absolute Gasteiger partial charge is 0.354 e. The summed E-state index contributed by atoms with van der Waals surface area (Å²) < 4.78 is 27.9. The van der Waals surface area contributed by atoms with Crippen LogP contribution in [0.15, 0.2) is 16.6 Å². The number of hydrogen-bond acceptors (Lipinski definition) is 7. The number of hydrogen-bond donors (Lipinski definition) is 3. The lowest BCUT2D eigenvalue weighted by molar-refractivity contribution is -0.122. The summed E-state index contributed by atoms with van der Waals surface area (Å²) in [6.45, 7) is 0.300. The van der Waals surface area contributed by atoms with Gasteiger partial charge in [-0.2, -0.15) is 9.29 Å². The van der Waals surface area contributed by atoms with Crippen molar-refractivity contribution in [1.82, 2.24) is 19.0 Å². The lowest BCUT2D eigenvalue weighted by atomic mass is 10.4. The fourth-order valence-electron chi connectivity index (χ4n) is 2.05. The Bertz CT molecular complexity index is 764. The molecule has 0 atom stereocenters. The van der Waals surface area contributed by atoms with Gasteiger partial charge in [0.1, 0.15) is 0 Å². The first-order valence-corrected chi connectivity index (χ1v) is 8.05. The van der Waals surface area contributed by atoms with Crippen LogP contribution in [0.25, 0.3) is 4.96 Å². The molecule has 11 heteroatoms. The maximum atomic E-state index is 12.7. The smallest absolute Gasteiger partial charge is 0.263 e. The number of sulfonamides is 1. The fraction of sp³-hybridized carbons (Fsp3) is 0.333. The van der Waals surface area contributed by atoms with Crippen LogP contribution < -0.4 is 16.6 Å². The van der Waals surface area contributed by atoms with E-state index in [0.29, 0.717) is 4.96 Å². The Morgan fingerprint density at radius 3 is 3.00 bits per heavy atom. The number of hydrazine groups is 1. The van der Waals surface area contributed by atoms with Crippen LogP contribution in [0.2, 0.25) is 0 Å². The summed E-state index contributed by atoms with van der Waals surface area (Å²) in [7, 11) is -3.85. The minimum Gasteiger partial charge on any atom is -0.354 e. The van der Waals surface area contributed by atoms with E-state index in [1.54, 1.807) is 11.6 Å². The zero-order valence-corrected chi connectivity index (χ0v) is 11.9. The van der Waals surface area contributed by atoms with Crippen LogP contribution in [-0.2, 0) is 14.8 Å². The van der Waals surface area contributed by atoms with E-state index in [1.807, 2.05) is 0 Å². The maximum Gasteiger partial charge on any atom is 0.263 e. The number of fused-ring (bicyclic) bond motifs is 1. The van der Waals surface area contributed by atoms with Crippen LogP contribution in [0.3, 0.4) is 0 Å². The van der Waals surface area contributed by atoms with E-state index in [9.17, 15) is 13.2 Å². The van der Waals surface area contributed by atoms with E-state index in [2.05, 4.69) is 15.7 Å². The maximum absolute atomic E-state index is 12.7. The van der Waals surface area contributed by atoms with E-state index >= 15 is 0 Å². The van der Waals surface area contributed by atoms with Gasteiger partial charge in [0.15, 0.2) is 10.8 Å². The Kier molecular flexibility index (Phi) is 3.12. The van der Waals surface area contributed by atoms with Gasteiger partial charge in [-0.15, -0.1) is 11.3 Å². The summed E-state index contributed by atoms with van der Waals surface area (Å²) in [5.41, 5.74) is 2.30. The Labute approximate surface area is 118 Å². The number of carbonyl (C=O) groups excluding carboxylic acids is 1. The Hall–Kier alpha value is -1.69. The first kappa shape index (κ1) is 13.3. The van der Waals surface area contributed by atoms with Crippen molar-refractivity contribution < 1.29 is 13.2 Å². The first-order chi connectivity index (χ1) is 9.54. The zero-order valence-electron chi connectivity index (χ0n) is 10.2. The molecular weight excluding hydrogens is 304 g/mol. The Morgan fingerprint density at radius 1 is 1.50 bits per heavy atom. The van der Waals surface area contributed by atoms with Gasteiger partial charge in [0.05, 0.1) is 6.54 Å². The van der Waals surface area contributed by atoms with Gasteiger partial charge in [-0.25, -0.2) is 14.3 Å². The number of carbonyl (C=O) groups is 1. The summed E-state index contributed by atoms with van der Waals surface area (Å²) in [5.74, 6) is 5.09. The summed E-state index contributed by atoms with van der Waals surface area (Å²) in [6, 6.07) is 0. The average molecular weight is 316 g/mol. The number of amides is 1. The topological polar surface area (TPSA) is 122 Å². The van der Waals surface area contributed by atoms with Crippen molar-refractivity contribution in [3.63, 3.8) is 0 Å². The highest BCUT2D eigenvalue weighted by Gasteiger charge is 2.34. The van der Waals surface area contributed by atoms with Crippen molar-refractivity contribution in [3.05, 3.63) is 11.6 Å². The molecule has 2 aromatic rings. The molecule has 0 spiro atoms. The van der Waals surface area contributed by atoms with Crippen LogP contribution in [0.1, 0.15) is 0 Å². The molecule has 3 rings (SSSR count). The SMILES string of the molecule is NNc1nc2sccn2c1S(=O)(=O)N1CCNC(=O)C1. The van der Waals surface area contributed by atoms with Crippen molar-refractivity contribution in [2.75, 3.05) is 25.1 Å². The van der Waals surface area contributed by atoms with Crippen molar-refractivity contribution in [3.8, 4) is 0 Å². The number of anilines is 1. The number of imidazole rings is 1. The van der Waals surface area contributed by atoms with Crippen LogP contribution >= 0.6 is 11.3 Å². The molecule has 20 heavy (non-hydrogen) atoms. The highest BCUT2D eigenvalue weighted by atomic mass is 32.2. The predicted octanol–water partition coefficient (Wildman–Crippen LogP) is -1.20. The lowest BCUT2D eigenvalue weighted by Gasteiger charge is -2.25. The van der Waals surface area contributed by atoms with Gasteiger partial charge in [0.2, 0.25) is 10.9 Å². The quantitative estimate of drug-likeness (QED) is 0.483. The summed E-state index contributed by atoms with van der Waals surface area (Å²) >= 11 is 1.30. The number of rotatable bonds is 3. The molecule has 0 radical (unpaired) electrons. The minimum atomic E-state index is -3.85. The third-order valence-corrected chi connectivity index (χ3v) is 5.57. The van der Waals surface area contributed by atoms with Crippen molar-refractivity contribution in [2.45, 2.75) is 5.03 Å². The van der Waals surface area contributed by atoms with Gasteiger partial charge in [-0.3, -0.25) is 9.20 Å². The van der Waals surface area contributed by atoms with Gasteiger partial charge >= 0.3 is 0 Å². The summed E-state index contributed by atoms with van der Waals surface area (Å²) in [4.78, 5) is 16.0. The number of nitrogens with one attached hydrogen (secondary N) is 2. The molecule has 0 saturated carbocycles. The zero-order chi connectivity index (χ0) is 14.3. The highest BCUT2D eigenvalue weighted by Crippen LogP contribution is 2.27. The minimum absolute atomic E-state index is 0.0500. The van der Waals surface area contributed by atoms with E-state index in [4.69, 9.17) is 5.84 Å². The van der Waals surface area contributed by atoms with Crippen molar-refractivity contribution in [1.29, 1.82) is 0 Å². The molecule has 1 amide bonds. The van der Waals surface area contributed by atoms with E-state index < -0.39 is 10.0 Å². The van der Waals surface area contributed by atoms with Crippen LogP contribution in [-0.4, -0.2) is 47.6 Å². The molecule has 1 fully saturated rings. The Balaban J connectivity index is 2.12. The number of nitrogen functional groups attached to an aromatic ring is 1. The normalized spacial score (nSPS) is 17.4. The Morgan fingerprint density at radius 2 is 2.30 bits per heavy atom. The predicted molar refractivity (Wildman–Crippen MR) is 72.6 cm³/mol. The van der Waals surface area contributed by atoms with Gasteiger partial charge in [-0.1, -0.05) is 0 Å². The van der Waals surface area contributed by atoms with Crippen LogP contribution in [0.5, 0.6) is 0 Å². The molecule has 1 aliphatic heterocycles. The second-order valence-corrected chi connectivity index (χ2v) is 6.88. The number of thiazole rings is 1. The van der Waals surface area contributed by atoms with Gasteiger partial charge in [0.25, 0.3) is 10.0 Å². The highest BCUT2D eigenvalue weighted by molar-refractivity contribution is 7.89. The third kappa shape index (κ3) is 1.95. The fourth-order valence-corrected chi connectivity index (χ4v) is 4.43. The van der Waals surface area contributed by atoms with Crippen molar-refractivity contribution >= 4 is 38.0 Å². The molecule has 0 bridgehead atoms. The number of aromatic nitrogens is 2. The van der Waals surface area contributed by atoms with E-state index in [-0.39, 0.29) is 36.4 Å². The molecular formula is C9H12N6O3S2. The number of nitrogens with zero attached hydrogens (tertiary/aromatic N) is 3. The molecule has 9 nitrogen and oxygen atoms in total. The summed E-state index contributed by atoms with van der Waals surface area (Å²) in [6.07, 6.45) is 1.60. The molecule has 4 N–H and O–H groups in total. The molecule has 108 valence electrons. The monoisotopic (exact) mass is 316 g/mol. The molecule has 0 aromatic carbocycles. The van der Waals surface area contributed by atoms with E-state index in [0.717, 1.165) is 4.31 Å². The lowest BCUT2D eigenvalue weighted by Crippen LogP contribution is -2.50. The molecule has 1 saturated heterocycles. The van der Waals surface area contributed by atoms with Gasteiger partial charge in [0, 0.05) is 24.7 Å². The summed E-state index contributed by atoms with van der Waals surface area (Å²) in [5, 5.41) is 4.26. The number of piperazine rings is 1. The van der Waals surface area contributed by atoms with Crippen LogP contribution in [0.4, 0.5) is 5.82 Å². The molecule has 3 heterocycles. The second-order valence-electron chi connectivity index (χ2n) is 4.15. The van der Waals surface area contributed by atoms with Gasteiger partial charge < -0.3 is 10.7 Å². The van der Waals surface area contributed by atoms with E-state index in [1.165, 1.54) is 15.7 Å². The van der Waals surface area contributed by atoms with Crippen molar-refractivity contribution in [2.24, 2.45) is 5.84 Å². The first-order valence-electron chi connectivity index (χ1n) is 5.73. The molecule has 1 aliphatic rings. The second kappa shape index (κ2) is 4.70.